The molecule has 0 atom stereocenters. The van der Waals surface area contributed by atoms with Gasteiger partial charge < -0.3 is 13.7 Å². The second-order valence-electron chi connectivity index (χ2n) is 13.3. The van der Waals surface area contributed by atoms with Gasteiger partial charge in [0.15, 0.2) is 0 Å². The van der Waals surface area contributed by atoms with Crippen LogP contribution in [0.5, 0.6) is 0 Å². The number of hydrogen-bond acceptors (Lipinski definition) is 0. The van der Waals surface area contributed by atoms with Crippen LogP contribution in [-0.4, -0.2) is 13.7 Å². The third-order valence-electron chi connectivity index (χ3n) is 10.2. The Morgan fingerprint density at radius 3 is 1.18 bits per heavy atom. The molecule has 0 aliphatic carbocycles. The van der Waals surface area contributed by atoms with Gasteiger partial charge in [-0.05, 0) is 107 Å². The fourth-order valence-corrected chi connectivity index (χ4v) is 7.65. The summed E-state index contributed by atoms with van der Waals surface area (Å²) < 4.78 is 199. The van der Waals surface area contributed by atoms with E-state index >= 15 is 0 Å². The highest BCUT2D eigenvalue weighted by atomic mass is 15.0. The van der Waals surface area contributed by atoms with Crippen molar-refractivity contribution in [1.29, 1.82) is 0 Å². The van der Waals surface area contributed by atoms with E-state index < -0.39 is 166 Å². The molecule has 0 N–H and O–H groups in total. The van der Waals surface area contributed by atoms with E-state index in [9.17, 15) is 16.4 Å². The number of nitrogens with zero attached hydrogens (tertiary/aromatic N) is 3. The van der Waals surface area contributed by atoms with Crippen molar-refractivity contribution in [3.05, 3.63) is 212 Å². The molecule has 0 aliphatic rings. The molecule has 3 aromatic heterocycles. The van der Waals surface area contributed by atoms with Crippen molar-refractivity contribution in [2.45, 2.75) is 0 Å². The van der Waals surface area contributed by atoms with E-state index in [0.29, 0.717) is 11.4 Å². The van der Waals surface area contributed by atoms with Crippen LogP contribution in [0.1, 0.15) is 28.8 Å². The normalized spacial score (nSPS) is 17.0. The Bertz CT molecular complexity index is 4720. The molecule has 266 valence electrons. The molecule has 3 heteroatoms. The molecule has 0 aliphatic heterocycles. The molecule has 0 amide bonds. The molecule has 57 heavy (non-hydrogen) atoms. The molecule has 12 rings (SSSR count). The fraction of sp³-hybridized carbons (Fsp3) is 0. The summed E-state index contributed by atoms with van der Waals surface area (Å²) in [6, 6.07) is 9.78. The van der Waals surface area contributed by atoms with Crippen molar-refractivity contribution >= 4 is 65.4 Å². The number of rotatable bonds is 5. The molecule has 0 spiro atoms. The molecule has 0 saturated heterocycles. The van der Waals surface area contributed by atoms with Crippen LogP contribution < -0.4 is 0 Å². The third-order valence-corrected chi connectivity index (χ3v) is 10.2. The van der Waals surface area contributed by atoms with Crippen LogP contribution >= 0.6 is 0 Å². The van der Waals surface area contributed by atoms with Crippen LogP contribution in [0.2, 0.25) is 0 Å². The second-order valence-corrected chi connectivity index (χ2v) is 13.3. The van der Waals surface area contributed by atoms with Gasteiger partial charge in [-0.1, -0.05) is 127 Å². The minimum Gasteiger partial charge on any atom is -0.309 e. The van der Waals surface area contributed by atoms with Gasteiger partial charge >= 0.3 is 0 Å². The van der Waals surface area contributed by atoms with E-state index in [1.807, 2.05) is 30.3 Å². The van der Waals surface area contributed by atoms with E-state index in [4.69, 9.17) is 12.3 Å². The van der Waals surface area contributed by atoms with Gasteiger partial charge in [0.1, 0.15) is 0 Å². The number of benzene rings is 9. The van der Waals surface area contributed by atoms with Gasteiger partial charge in [0.25, 0.3) is 0 Å². The van der Waals surface area contributed by atoms with E-state index in [2.05, 4.69) is 0 Å². The Labute approximate surface area is 359 Å². The predicted octanol–water partition coefficient (Wildman–Crippen LogP) is 14.3. The zero-order valence-corrected chi connectivity index (χ0v) is 29.4. The SMILES string of the molecule is [2H]c1c([2H])c([2H])c2c(c1[2H])c1c([2H])c(-c3c([2H])c([2H])c4c(c3[2H])c3c([2H])c([2H])c([2H])c([2H])c3n4-c3c([2H])c([2H])c4c(c3[2H])c3c([2H])c([2H])c([2H])c([2H])c3n4-c3ccccc3)c([2H])c([2H])c1n2-c1ccc(-c2ccccc2)cc1. The molecular weight excluding hydrogens is 691 g/mol. The standard InChI is InChI=1S/C54H35N3/c1-3-13-36(14-4-1)37-23-27-41(28-24-37)56-49-20-10-7-17-43(49)46-33-38(25-30-52(46)56)39-26-31-53-47(34-39)44-18-8-12-22-51(44)57(53)42-29-32-54-48(35-42)45-19-9-11-21-50(45)55(54)40-15-5-2-6-16-40/h1-35H/i7D,8D,9D,10D,11D,12D,17D,18D,19D,20D,21D,22D,25D,26D,29D,30D,31D,32D,33D,34D,35D. The molecule has 0 saturated carbocycles. The quantitative estimate of drug-likeness (QED) is 0.167. The minimum absolute atomic E-state index is 0.138. The smallest absolute Gasteiger partial charge is 0.0652 e. The molecule has 3 nitrogen and oxygen atoms in total. The Hall–Kier alpha value is -7.62. The summed E-state index contributed by atoms with van der Waals surface area (Å²) in [7, 11) is 0. The molecule has 12 aromatic rings. The van der Waals surface area contributed by atoms with Crippen LogP contribution in [0.25, 0.3) is 105 Å². The van der Waals surface area contributed by atoms with E-state index in [1.54, 1.807) is 54.6 Å². The van der Waals surface area contributed by atoms with Crippen molar-refractivity contribution in [3.63, 3.8) is 0 Å². The van der Waals surface area contributed by atoms with E-state index in [1.165, 1.54) is 9.13 Å². The van der Waals surface area contributed by atoms with Crippen LogP contribution in [0.3, 0.4) is 0 Å². The van der Waals surface area contributed by atoms with Gasteiger partial charge in [0, 0.05) is 49.4 Å². The highest BCUT2D eigenvalue weighted by Gasteiger charge is 2.18. The summed E-state index contributed by atoms with van der Waals surface area (Å²) in [5.41, 5.74) is -1.21. The molecule has 0 radical (unpaired) electrons. The first-order valence-corrected chi connectivity index (χ1v) is 17.9. The lowest BCUT2D eigenvalue weighted by Crippen LogP contribution is -1.95. The average Bonchev–Trinajstić information content (AvgIpc) is 4.33. The van der Waals surface area contributed by atoms with Crippen molar-refractivity contribution in [2.24, 2.45) is 0 Å². The maximum atomic E-state index is 10.0. The van der Waals surface area contributed by atoms with Gasteiger partial charge in [-0.25, -0.2) is 0 Å². The van der Waals surface area contributed by atoms with Crippen LogP contribution in [-0.2, 0) is 0 Å². The fourth-order valence-electron chi connectivity index (χ4n) is 7.65. The highest BCUT2D eigenvalue weighted by molar-refractivity contribution is 6.14. The number of hydrogen-bond donors (Lipinski definition) is 0. The Morgan fingerprint density at radius 1 is 0.263 bits per heavy atom. The minimum atomic E-state index is -0.880. The Kier molecular flexibility index (Phi) is 3.81. The van der Waals surface area contributed by atoms with Gasteiger partial charge in [-0.2, -0.15) is 0 Å². The molecule has 3 heterocycles. The van der Waals surface area contributed by atoms with Crippen LogP contribution in [0.15, 0.2) is 212 Å². The number of fused-ring (bicyclic) bond motifs is 9. The maximum Gasteiger partial charge on any atom is 0.0652 e. The van der Waals surface area contributed by atoms with Crippen LogP contribution in [0, 0.1) is 0 Å². The van der Waals surface area contributed by atoms with Gasteiger partial charge in [0.2, 0.25) is 0 Å². The lowest BCUT2D eigenvalue weighted by atomic mass is 10.0. The zero-order valence-electron chi connectivity index (χ0n) is 50.4. The summed E-state index contributed by atoms with van der Waals surface area (Å²) in [5, 5.41) is -1.88. The summed E-state index contributed by atoms with van der Waals surface area (Å²) in [6.45, 7) is 0. The molecule has 9 aromatic carbocycles. The van der Waals surface area contributed by atoms with Crippen molar-refractivity contribution in [1.82, 2.24) is 13.7 Å². The van der Waals surface area contributed by atoms with E-state index in [-0.39, 0.29) is 43.6 Å². The lowest BCUT2D eigenvalue weighted by Gasteiger charge is -2.11. The van der Waals surface area contributed by atoms with E-state index in [0.717, 1.165) is 15.7 Å². The number of para-hydroxylation sites is 4. The predicted molar refractivity (Wildman–Crippen MR) is 240 cm³/mol. The third kappa shape index (κ3) is 4.86. The van der Waals surface area contributed by atoms with Gasteiger partial charge in [-0.15, -0.1) is 0 Å². The summed E-state index contributed by atoms with van der Waals surface area (Å²) in [4.78, 5) is 0. The second kappa shape index (κ2) is 12.5. The summed E-state index contributed by atoms with van der Waals surface area (Å²) in [6.07, 6.45) is 0. The Balaban J connectivity index is 1.23. The average molecular weight is 747 g/mol. The monoisotopic (exact) mass is 746 g/mol. The first kappa shape index (κ1) is 17.5. The first-order chi connectivity index (χ1) is 37.1. The molecule has 0 unspecified atom stereocenters. The van der Waals surface area contributed by atoms with Crippen molar-refractivity contribution in [2.75, 3.05) is 0 Å². The molecule has 0 fully saturated rings. The number of aromatic nitrogens is 3. The van der Waals surface area contributed by atoms with Crippen molar-refractivity contribution < 1.29 is 28.8 Å². The van der Waals surface area contributed by atoms with Gasteiger partial charge in [0.05, 0.1) is 61.9 Å². The topological polar surface area (TPSA) is 14.8 Å². The van der Waals surface area contributed by atoms with Gasteiger partial charge in [-0.3, -0.25) is 0 Å². The zero-order chi connectivity index (χ0) is 55.7. The summed E-state index contributed by atoms with van der Waals surface area (Å²) >= 11 is 0. The Morgan fingerprint density at radius 2 is 0.649 bits per heavy atom. The van der Waals surface area contributed by atoms with Crippen LogP contribution in [0.4, 0.5) is 0 Å². The highest BCUT2D eigenvalue weighted by Crippen LogP contribution is 2.40. The maximum absolute atomic E-state index is 10.0. The molecule has 0 bridgehead atoms. The first-order valence-electron chi connectivity index (χ1n) is 28.4. The molecular formula is C54H35N3. The lowest BCUT2D eigenvalue weighted by molar-refractivity contribution is 1.17. The van der Waals surface area contributed by atoms with Crippen molar-refractivity contribution in [3.8, 4) is 39.3 Å². The largest absolute Gasteiger partial charge is 0.309 e. The summed E-state index contributed by atoms with van der Waals surface area (Å²) in [5.74, 6) is 0.